The first-order valence-electron chi connectivity index (χ1n) is 8.05. The maximum absolute atomic E-state index is 6.13. The van der Waals surface area contributed by atoms with Gasteiger partial charge < -0.3 is 5.32 Å². The number of fused-ring (bicyclic) bond motifs is 1. The van der Waals surface area contributed by atoms with Crippen molar-refractivity contribution in [2.75, 3.05) is 5.32 Å². The van der Waals surface area contributed by atoms with E-state index in [9.17, 15) is 0 Å². The molecule has 0 saturated heterocycles. The summed E-state index contributed by atoms with van der Waals surface area (Å²) in [7, 11) is 0. The van der Waals surface area contributed by atoms with Crippen LogP contribution in [0.15, 0.2) is 48.8 Å². The van der Waals surface area contributed by atoms with Crippen LogP contribution in [0.1, 0.15) is 10.4 Å². The van der Waals surface area contributed by atoms with Crippen molar-refractivity contribution in [3.63, 3.8) is 0 Å². The number of aryl methyl sites for hydroxylation is 2. The average molecular weight is 400 g/mol. The predicted molar refractivity (Wildman–Crippen MR) is 112 cm³/mol. The molecule has 0 fully saturated rings. The maximum atomic E-state index is 6.13. The second kappa shape index (κ2) is 6.88. The van der Waals surface area contributed by atoms with Crippen LogP contribution in [-0.2, 0) is 0 Å². The number of rotatable bonds is 3. The fourth-order valence-corrected chi connectivity index (χ4v) is 4.51. The summed E-state index contributed by atoms with van der Waals surface area (Å²) in [4.78, 5) is 11.1. The molecule has 0 amide bonds. The lowest BCUT2D eigenvalue weighted by Crippen LogP contribution is -1.96. The largest absolute Gasteiger partial charge is 0.339 e. The minimum absolute atomic E-state index is 0.575. The normalized spacial score (nSPS) is 11.1. The van der Waals surface area contributed by atoms with Gasteiger partial charge in [0.1, 0.15) is 17.0 Å². The molecule has 0 aliphatic carbocycles. The van der Waals surface area contributed by atoms with Gasteiger partial charge in [0.05, 0.1) is 5.39 Å². The molecule has 0 saturated carbocycles. The molecule has 2 aromatic heterocycles. The second-order valence-corrected chi connectivity index (χ2v) is 8.16. The van der Waals surface area contributed by atoms with Crippen LogP contribution in [0.25, 0.3) is 21.3 Å². The zero-order valence-electron chi connectivity index (χ0n) is 14.2. The van der Waals surface area contributed by atoms with Crippen molar-refractivity contribution in [2.24, 2.45) is 0 Å². The fraction of sp³-hybridized carbons (Fsp3) is 0.100. The summed E-state index contributed by atoms with van der Waals surface area (Å²) in [5.74, 6) is 0.744. The highest BCUT2D eigenvalue weighted by atomic mass is 35.5. The monoisotopic (exact) mass is 399 g/mol. The summed E-state index contributed by atoms with van der Waals surface area (Å²) in [5, 5.41) is 5.51. The van der Waals surface area contributed by atoms with Gasteiger partial charge in [-0.25, -0.2) is 9.97 Å². The number of thiophene rings is 1. The van der Waals surface area contributed by atoms with E-state index in [0.29, 0.717) is 10.0 Å². The SMILES string of the molecule is Cc1ccc(-c2c(C)sc3ncnc(Nc4cc(Cl)cc(Cl)c4)c23)cc1. The molecule has 130 valence electrons. The highest BCUT2D eigenvalue weighted by molar-refractivity contribution is 7.19. The van der Waals surface area contributed by atoms with E-state index >= 15 is 0 Å². The Hall–Kier alpha value is -2.14. The minimum Gasteiger partial charge on any atom is -0.339 e. The van der Waals surface area contributed by atoms with Crippen LogP contribution in [-0.4, -0.2) is 9.97 Å². The molecular formula is C20H15Cl2N3S. The number of benzene rings is 2. The van der Waals surface area contributed by atoms with Crippen molar-refractivity contribution < 1.29 is 0 Å². The lowest BCUT2D eigenvalue weighted by atomic mass is 10.0. The zero-order chi connectivity index (χ0) is 18.3. The van der Waals surface area contributed by atoms with Crippen LogP contribution < -0.4 is 5.32 Å². The Morgan fingerprint density at radius 2 is 1.62 bits per heavy atom. The molecule has 2 aromatic carbocycles. The van der Waals surface area contributed by atoms with Gasteiger partial charge in [0.25, 0.3) is 0 Å². The Morgan fingerprint density at radius 3 is 2.31 bits per heavy atom. The van der Waals surface area contributed by atoms with Gasteiger partial charge in [-0.15, -0.1) is 11.3 Å². The Bertz CT molecular complexity index is 1080. The molecule has 0 bridgehead atoms. The smallest absolute Gasteiger partial charge is 0.143 e. The Morgan fingerprint density at radius 1 is 0.923 bits per heavy atom. The quantitative estimate of drug-likeness (QED) is 0.401. The summed E-state index contributed by atoms with van der Waals surface area (Å²) < 4.78 is 0. The van der Waals surface area contributed by atoms with Gasteiger partial charge in [0.15, 0.2) is 0 Å². The van der Waals surface area contributed by atoms with Crippen LogP contribution in [0.4, 0.5) is 11.5 Å². The Balaban J connectivity index is 1.89. The maximum Gasteiger partial charge on any atom is 0.143 e. The van der Waals surface area contributed by atoms with Crippen molar-refractivity contribution in [1.29, 1.82) is 0 Å². The van der Waals surface area contributed by atoms with Gasteiger partial charge in [-0.2, -0.15) is 0 Å². The number of anilines is 2. The molecule has 26 heavy (non-hydrogen) atoms. The molecule has 0 atom stereocenters. The number of hydrogen-bond acceptors (Lipinski definition) is 4. The highest BCUT2D eigenvalue weighted by Gasteiger charge is 2.17. The third-order valence-electron chi connectivity index (χ3n) is 4.13. The van der Waals surface area contributed by atoms with Crippen molar-refractivity contribution in [3.8, 4) is 11.1 Å². The van der Waals surface area contributed by atoms with Gasteiger partial charge in [0, 0.05) is 26.2 Å². The van der Waals surface area contributed by atoms with E-state index in [1.165, 1.54) is 10.4 Å². The summed E-state index contributed by atoms with van der Waals surface area (Å²) in [6.07, 6.45) is 1.58. The van der Waals surface area contributed by atoms with Crippen molar-refractivity contribution in [1.82, 2.24) is 9.97 Å². The topological polar surface area (TPSA) is 37.8 Å². The molecule has 0 spiro atoms. The van der Waals surface area contributed by atoms with Crippen molar-refractivity contribution >= 4 is 56.3 Å². The number of hydrogen-bond donors (Lipinski definition) is 1. The van der Waals surface area contributed by atoms with Gasteiger partial charge >= 0.3 is 0 Å². The molecule has 4 rings (SSSR count). The molecule has 0 aliphatic rings. The van der Waals surface area contributed by atoms with E-state index in [1.807, 2.05) is 12.1 Å². The van der Waals surface area contributed by atoms with Crippen molar-refractivity contribution in [2.45, 2.75) is 13.8 Å². The molecule has 0 unspecified atom stereocenters. The van der Waals surface area contributed by atoms with E-state index in [0.717, 1.165) is 32.8 Å². The summed E-state index contributed by atoms with van der Waals surface area (Å²) in [6, 6.07) is 13.9. The van der Waals surface area contributed by atoms with Gasteiger partial charge in [0.2, 0.25) is 0 Å². The Kier molecular flexibility index (Phi) is 4.57. The van der Waals surface area contributed by atoms with Crippen LogP contribution in [0.5, 0.6) is 0 Å². The Labute approximate surface area is 165 Å². The lowest BCUT2D eigenvalue weighted by molar-refractivity contribution is 1.23. The summed E-state index contributed by atoms with van der Waals surface area (Å²) >= 11 is 13.9. The van der Waals surface area contributed by atoms with Crippen molar-refractivity contribution in [3.05, 3.63) is 69.3 Å². The molecule has 0 radical (unpaired) electrons. The number of nitrogens with one attached hydrogen (secondary N) is 1. The first kappa shape index (κ1) is 17.3. The predicted octanol–water partition coefficient (Wildman–Crippen LogP) is 7.03. The average Bonchev–Trinajstić information content (AvgIpc) is 2.92. The number of halogens is 2. The van der Waals surface area contributed by atoms with E-state index in [2.05, 4.69) is 53.4 Å². The molecule has 3 nitrogen and oxygen atoms in total. The van der Waals surface area contributed by atoms with Crippen LogP contribution in [0.3, 0.4) is 0 Å². The highest BCUT2D eigenvalue weighted by Crippen LogP contribution is 2.41. The number of aromatic nitrogens is 2. The van der Waals surface area contributed by atoms with Crippen LogP contribution >= 0.6 is 34.5 Å². The van der Waals surface area contributed by atoms with E-state index in [1.54, 1.807) is 23.7 Å². The minimum atomic E-state index is 0.575. The zero-order valence-corrected chi connectivity index (χ0v) is 16.5. The molecule has 4 aromatic rings. The molecule has 1 N–H and O–H groups in total. The van der Waals surface area contributed by atoms with Gasteiger partial charge in [-0.1, -0.05) is 53.0 Å². The molecule has 0 aliphatic heterocycles. The van der Waals surface area contributed by atoms with E-state index in [4.69, 9.17) is 23.2 Å². The van der Waals surface area contributed by atoms with Gasteiger partial charge in [-0.3, -0.25) is 0 Å². The lowest BCUT2D eigenvalue weighted by Gasteiger charge is -2.10. The first-order chi connectivity index (χ1) is 12.5. The van der Waals surface area contributed by atoms with Crippen LogP contribution in [0.2, 0.25) is 10.0 Å². The molecule has 6 heteroatoms. The second-order valence-electron chi connectivity index (χ2n) is 6.08. The summed E-state index contributed by atoms with van der Waals surface area (Å²) in [6.45, 7) is 4.20. The third kappa shape index (κ3) is 3.28. The summed E-state index contributed by atoms with van der Waals surface area (Å²) in [5.41, 5.74) is 4.33. The van der Waals surface area contributed by atoms with E-state index < -0.39 is 0 Å². The van der Waals surface area contributed by atoms with Gasteiger partial charge in [-0.05, 0) is 37.6 Å². The number of nitrogens with zero attached hydrogens (tertiary/aromatic N) is 2. The van der Waals surface area contributed by atoms with Crippen LogP contribution in [0, 0.1) is 13.8 Å². The molecular weight excluding hydrogens is 385 g/mol. The first-order valence-corrected chi connectivity index (χ1v) is 9.63. The van der Waals surface area contributed by atoms with E-state index in [-0.39, 0.29) is 0 Å². The molecule has 2 heterocycles. The third-order valence-corrected chi connectivity index (χ3v) is 5.58. The fourth-order valence-electron chi connectivity index (χ4n) is 2.97. The standard InChI is InChI=1S/C20H15Cl2N3S/c1-11-3-5-13(6-4-11)17-12(2)26-20-18(17)19(23-10-24-20)25-16-8-14(21)7-15(22)9-16/h3-10H,1-2H3,(H,23,24,25).